The number of halogens is 1. The summed E-state index contributed by atoms with van der Waals surface area (Å²) in [5, 5.41) is 9.29. The van der Waals surface area contributed by atoms with Crippen LogP contribution in [0.3, 0.4) is 0 Å². The average molecular weight is 347 g/mol. The summed E-state index contributed by atoms with van der Waals surface area (Å²) < 4.78 is 23.5. The SMILES string of the molecule is COc1ccc(OC)c(CN(CCO)C(=O)Cc2ccc(F)cc2)c1. The van der Waals surface area contributed by atoms with Gasteiger partial charge in [-0.2, -0.15) is 0 Å². The highest BCUT2D eigenvalue weighted by Gasteiger charge is 2.17. The quantitative estimate of drug-likeness (QED) is 0.797. The van der Waals surface area contributed by atoms with Gasteiger partial charge in [-0.05, 0) is 35.9 Å². The third-order valence-electron chi connectivity index (χ3n) is 3.84. The van der Waals surface area contributed by atoms with Crippen LogP contribution in [0.1, 0.15) is 11.1 Å². The van der Waals surface area contributed by atoms with Gasteiger partial charge in [0.25, 0.3) is 0 Å². The lowest BCUT2D eigenvalue weighted by atomic mass is 10.1. The van der Waals surface area contributed by atoms with Gasteiger partial charge in [0.2, 0.25) is 5.91 Å². The zero-order valence-electron chi connectivity index (χ0n) is 14.4. The van der Waals surface area contributed by atoms with Crippen LogP contribution >= 0.6 is 0 Å². The Kier molecular flexibility index (Phi) is 6.77. The number of carbonyl (C=O) groups is 1. The molecule has 2 rings (SSSR count). The van der Waals surface area contributed by atoms with Gasteiger partial charge in [-0.15, -0.1) is 0 Å². The molecule has 0 saturated carbocycles. The molecule has 0 fully saturated rings. The first-order valence-electron chi connectivity index (χ1n) is 7.91. The van der Waals surface area contributed by atoms with Crippen molar-refractivity contribution in [3.05, 3.63) is 59.4 Å². The predicted octanol–water partition coefficient (Wildman–Crippen LogP) is 2.41. The molecule has 5 nitrogen and oxygen atoms in total. The summed E-state index contributed by atoms with van der Waals surface area (Å²) in [5.41, 5.74) is 1.50. The predicted molar refractivity (Wildman–Crippen MR) is 92.2 cm³/mol. The summed E-state index contributed by atoms with van der Waals surface area (Å²) in [6.45, 7) is 0.322. The smallest absolute Gasteiger partial charge is 0.227 e. The van der Waals surface area contributed by atoms with E-state index in [0.29, 0.717) is 17.1 Å². The zero-order valence-corrected chi connectivity index (χ0v) is 14.4. The van der Waals surface area contributed by atoms with E-state index in [0.717, 1.165) is 5.56 Å². The van der Waals surface area contributed by atoms with Gasteiger partial charge in [0.1, 0.15) is 17.3 Å². The van der Waals surface area contributed by atoms with Crippen molar-refractivity contribution in [3.63, 3.8) is 0 Å². The Morgan fingerprint density at radius 3 is 2.44 bits per heavy atom. The standard InChI is InChI=1S/C19H22FNO4/c1-24-17-7-8-18(25-2)15(12-17)13-21(9-10-22)19(23)11-14-3-5-16(20)6-4-14/h3-8,12,22H,9-11,13H2,1-2H3. The Hall–Kier alpha value is -2.60. The molecule has 1 N–H and O–H groups in total. The molecule has 2 aromatic carbocycles. The Bertz CT molecular complexity index is 703. The number of aliphatic hydroxyl groups excluding tert-OH is 1. The number of methoxy groups -OCH3 is 2. The number of amides is 1. The van der Waals surface area contributed by atoms with Gasteiger partial charge in [0.05, 0.1) is 27.2 Å². The van der Waals surface area contributed by atoms with Crippen molar-refractivity contribution in [2.45, 2.75) is 13.0 Å². The summed E-state index contributed by atoms with van der Waals surface area (Å²) >= 11 is 0. The van der Waals surface area contributed by atoms with Crippen LogP contribution in [0.5, 0.6) is 11.5 Å². The van der Waals surface area contributed by atoms with Crippen LogP contribution in [0, 0.1) is 5.82 Å². The van der Waals surface area contributed by atoms with Gasteiger partial charge in [-0.3, -0.25) is 4.79 Å². The molecule has 0 aliphatic rings. The van der Waals surface area contributed by atoms with Crippen molar-refractivity contribution in [1.82, 2.24) is 4.90 Å². The Labute approximate surface area is 146 Å². The molecule has 0 spiro atoms. The second-order valence-corrected chi connectivity index (χ2v) is 5.52. The largest absolute Gasteiger partial charge is 0.497 e. The number of aliphatic hydroxyl groups is 1. The zero-order chi connectivity index (χ0) is 18.2. The number of rotatable bonds is 8. The highest BCUT2D eigenvalue weighted by atomic mass is 19.1. The number of ether oxygens (including phenoxy) is 2. The van der Waals surface area contributed by atoms with Crippen molar-refractivity contribution >= 4 is 5.91 Å². The fourth-order valence-corrected chi connectivity index (χ4v) is 2.51. The summed E-state index contributed by atoms with van der Waals surface area (Å²) in [5.74, 6) is 0.791. The van der Waals surface area contributed by atoms with Crippen LogP contribution in [0.25, 0.3) is 0 Å². The number of hydrogen-bond acceptors (Lipinski definition) is 4. The summed E-state index contributed by atoms with van der Waals surface area (Å²) in [4.78, 5) is 14.1. The third kappa shape index (κ3) is 5.19. The highest BCUT2D eigenvalue weighted by molar-refractivity contribution is 5.78. The molecule has 0 aliphatic heterocycles. The van der Waals surface area contributed by atoms with Gasteiger partial charge in [0, 0.05) is 18.7 Å². The van der Waals surface area contributed by atoms with E-state index >= 15 is 0 Å². The Morgan fingerprint density at radius 1 is 1.12 bits per heavy atom. The molecule has 0 heterocycles. The van der Waals surface area contributed by atoms with Crippen molar-refractivity contribution in [2.24, 2.45) is 0 Å². The van der Waals surface area contributed by atoms with Crippen LogP contribution in [0.4, 0.5) is 4.39 Å². The lowest BCUT2D eigenvalue weighted by Gasteiger charge is -2.23. The molecule has 0 unspecified atom stereocenters. The van der Waals surface area contributed by atoms with Crippen LogP contribution < -0.4 is 9.47 Å². The molecule has 134 valence electrons. The van der Waals surface area contributed by atoms with Gasteiger partial charge in [-0.1, -0.05) is 12.1 Å². The van der Waals surface area contributed by atoms with Gasteiger partial charge < -0.3 is 19.5 Å². The van der Waals surface area contributed by atoms with E-state index in [1.165, 1.54) is 12.1 Å². The fraction of sp³-hybridized carbons (Fsp3) is 0.316. The summed E-state index contributed by atoms with van der Waals surface area (Å²) in [6, 6.07) is 11.2. The first-order chi connectivity index (χ1) is 12.1. The van der Waals surface area contributed by atoms with Crippen LogP contribution in [-0.4, -0.2) is 43.3 Å². The van der Waals surface area contributed by atoms with Crippen molar-refractivity contribution in [1.29, 1.82) is 0 Å². The topological polar surface area (TPSA) is 59.0 Å². The van der Waals surface area contributed by atoms with E-state index in [1.807, 2.05) is 0 Å². The molecule has 0 radical (unpaired) electrons. The monoisotopic (exact) mass is 347 g/mol. The maximum Gasteiger partial charge on any atom is 0.227 e. The van der Waals surface area contributed by atoms with Crippen molar-refractivity contribution in [2.75, 3.05) is 27.4 Å². The van der Waals surface area contributed by atoms with E-state index < -0.39 is 0 Å². The highest BCUT2D eigenvalue weighted by Crippen LogP contribution is 2.25. The van der Waals surface area contributed by atoms with Gasteiger partial charge in [-0.25, -0.2) is 4.39 Å². The maximum atomic E-state index is 13.0. The van der Waals surface area contributed by atoms with E-state index in [9.17, 15) is 14.3 Å². The molecular formula is C19H22FNO4. The molecule has 0 saturated heterocycles. The van der Waals surface area contributed by atoms with Crippen LogP contribution in [0.15, 0.2) is 42.5 Å². The van der Waals surface area contributed by atoms with E-state index in [2.05, 4.69) is 0 Å². The number of hydrogen-bond donors (Lipinski definition) is 1. The second-order valence-electron chi connectivity index (χ2n) is 5.52. The Balaban J connectivity index is 2.17. The molecule has 2 aromatic rings. The lowest BCUT2D eigenvalue weighted by Crippen LogP contribution is -2.34. The number of nitrogens with zero attached hydrogens (tertiary/aromatic N) is 1. The van der Waals surface area contributed by atoms with Crippen molar-refractivity contribution < 1.29 is 23.8 Å². The summed E-state index contributed by atoms with van der Waals surface area (Å²) in [6.07, 6.45) is 0.132. The van der Waals surface area contributed by atoms with Crippen LogP contribution in [0.2, 0.25) is 0 Å². The molecule has 0 atom stereocenters. The molecule has 1 amide bonds. The molecule has 0 bridgehead atoms. The van der Waals surface area contributed by atoms with Crippen molar-refractivity contribution in [3.8, 4) is 11.5 Å². The maximum absolute atomic E-state index is 13.0. The minimum atomic E-state index is -0.343. The normalized spacial score (nSPS) is 10.4. The Morgan fingerprint density at radius 2 is 1.84 bits per heavy atom. The first-order valence-corrected chi connectivity index (χ1v) is 7.91. The van der Waals surface area contributed by atoms with E-state index in [1.54, 1.807) is 49.5 Å². The number of carbonyl (C=O) groups excluding carboxylic acids is 1. The van der Waals surface area contributed by atoms with Gasteiger partial charge in [0.15, 0.2) is 0 Å². The minimum Gasteiger partial charge on any atom is -0.497 e. The molecule has 0 aliphatic carbocycles. The number of benzene rings is 2. The molecular weight excluding hydrogens is 325 g/mol. The fourth-order valence-electron chi connectivity index (χ4n) is 2.51. The lowest BCUT2D eigenvalue weighted by molar-refractivity contribution is -0.131. The minimum absolute atomic E-state index is 0.132. The first kappa shape index (κ1) is 18.7. The van der Waals surface area contributed by atoms with Gasteiger partial charge >= 0.3 is 0 Å². The van der Waals surface area contributed by atoms with E-state index in [4.69, 9.17) is 9.47 Å². The molecule has 0 aromatic heterocycles. The second kappa shape index (κ2) is 9.03. The summed E-state index contributed by atoms with van der Waals surface area (Å²) in [7, 11) is 3.12. The van der Waals surface area contributed by atoms with Crippen LogP contribution in [-0.2, 0) is 17.8 Å². The third-order valence-corrected chi connectivity index (χ3v) is 3.84. The van der Waals surface area contributed by atoms with E-state index in [-0.39, 0.29) is 37.8 Å². The molecule has 25 heavy (non-hydrogen) atoms. The average Bonchev–Trinajstić information content (AvgIpc) is 2.63. The molecule has 6 heteroatoms.